The fourth-order valence-corrected chi connectivity index (χ4v) is 7.16. The van der Waals surface area contributed by atoms with E-state index in [9.17, 15) is 15.3 Å². The molecule has 7 atom stereocenters. The molecule has 0 saturated heterocycles. The lowest BCUT2D eigenvalue weighted by atomic mass is 9.61. The summed E-state index contributed by atoms with van der Waals surface area (Å²) in [5.74, 6) is 1.98. The maximum Gasteiger partial charge on any atom is 0.0811 e. The van der Waals surface area contributed by atoms with Crippen LogP contribution in [-0.2, 0) is 0 Å². The van der Waals surface area contributed by atoms with Crippen molar-refractivity contribution in [3.8, 4) is 0 Å². The van der Waals surface area contributed by atoms with Crippen LogP contribution in [0.15, 0.2) is 47.6 Å². The van der Waals surface area contributed by atoms with Crippen molar-refractivity contribution >= 4 is 0 Å². The maximum absolute atomic E-state index is 10.7. The second kappa shape index (κ2) is 11.3. The summed E-state index contributed by atoms with van der Waals surface area (Å²) in [4.78, 5) is 0. The first-order chi connectivity index (χ1) is 16.0. The molecule has 0 aliphatic heterocycles. The minimum atomic E-state index is -0.675. The first-order valence-electron chi connectivity index (χ1n) is 13.8. The van der Waals surface area contributed by atoms with Crippen LogP contribution in [0.3, 0.4) is 0 Å². The van der Waals surface area contributed by atoms with Gasteiger partial charge in [-0.15, -0.1) is 0 Å². The van der Waals surface area contributed by atoms with E-state index >= 15 is 0 Å². The van der Waals surface area contributed by atoms with Gasteiger partial charge in [-0.05, 0) is 93.1 Å². The van der Waals surface area contributed by atoms with Crippen LogP contribution >= 0.6 is 0 Å². The van der Waals surface area contributed by atoms with E-state index in [1.165, 1.54) is 25.7 Å². The highest BCUT2D eigenvalue weighted by Gasteiger charge is 2.50. The zero-order valence-corrected chi connectivity index (χ0v) is 22.4. The van der Waals surface area contributed by atoms with Gasteiger partial charge >= 0.3 is 0 Å². The van der Waals surface area contributed by atoms with Gasteiger partial charge in [0, 0.05) is 12.3 Å². The molecule has 0 aromatic heterocycles. The molecule has 0 heterocycles. The molecule has 0 aromatic carbocycles. The Hall–Kier alpha value is -1.16. The van der Waals surface area contributed by atoms with Gasteiger partial charge in [0.1, 0.15) is 0 Å². The number of hydrogen-bond donors (Lipinski definition) is 3. The van der Waals surface area contributed by atoms with Gasteiger partial charge in [0.25, 0.3) is 0 Å². The molecule has 3 fully saturated rings. The standard InChI is InChI=1S/C31H50O3/c1-7-8-11-25(30(4,5)34)15-12-21(2)27-16-17-28-23(10-9-18-31(27,28)6)13-14-24-19-26(32)20-29(33)22(24)3/h12-15,21,25-29,32-34H,3,7-11,16-20H2,1-2,4-6H3/t21-,25+,26-,27-,28+,29+,31-/m1/s1. The van der Waals surface area contributed by atoms with Crippen molar-refractivity contribution in [3.63, 3.8) is 0 Å². The van der Waals surface area contributed by atoms with Crippen LogP contribution in [-0.4, -0.2) is 33.1 Å². The van der Waals surface area contributed by atoms with Crippen molar-refractivity contribution in [1.29, 1.82) is 0 Å². The zero-order valence-electron chi connectivity index (χ0n) is 22.4. The summed E-state index contributed by atoms with van der Waals surface area (Å²) >= 11 is 0. The van der Waals surface area contributed by atoms with E-state index in [0.717, 1.165) is 36.8 Å². The Kier molecular flexibility index (Phi) is 9.09. The Balaban J connectivity index is 1.75. The molecular formula is C31H50O3. The highest BCUT2D eigenvalue weighted by atomic mass is 16.3. The normalized spacial score (nSPS) is 36.9. The number of allylic oxidation sites excluding steroid dienone is 4. The minimum absolute atomic E-state index is 0.211. The van der Waals surface area contributed by atoms with Gasteiger partial charge in [0.15, 0.2) is 0 Å². The Morgan fingerprint density at radius 3 is 2.59 bits per heavy atom. The van der Waals surface area contributed by atoms with Crippen molar-refractivity contribution < 1.29 is 15.3 Å². The quantitative estimate of drug-likeness (QED) is 0.338. The summed E-state index contributed by atoms with van der Waals surface area (Å²) in [6.07, 6.45) is 18.5. The number of hydrogen-bond acceptors (Lipinski definition) is 3. The molecule has 3 nitrogen and oxygen atoms in total. The molecule has 0 radical (unpaired) electrons. The van der Waals surface area contributed by atoms with Gasteiger partial charge in [-0.3, -0.25) is 0 Å². The summed E-state index contributed by atoms with van der Waals surface area (Å²) in [6.45, 7) is 15.1. The summed E-state index contributed by atoms with van der Waals surface area (Å²) < 4.78 is 0. The molecule has 0 aromatic rings. The average molecular weight is 471 g/mol. The van der Waals surface area contributed by atoms with E-state index in [1.54, 1.807) is 5.57 Å². The predicted octanol–water partition coefficient (Wildman–Crippen LogP) is 6.90. The van der Waals surface area contributed by atoms with Crippen molar-refractivity contribution in [2.75, 3.05) is 0 Å². The predicted molar refractivity (Wildman–Crippen MR) is 142 cm³/mol. The molecule has 192 valence electrons. The lowest BCUT2D eigenvalue weighted by Gasteiger charge is -2.44. The van der Waals surface area contributed by atoms with Crippen molar-refractivity contribution in [3.05, 3.63) is 47.6 Å². The second-order valence-electron chi connectivity index (χ2n) is 12.3. The molecule has 3 N–H and O–H groups in total. The Bertz CT molecular complexity index is 798. The van der Waals surface area contributed by atoms with Gasteiger partial charge in [0.2, 0.25) is 0 Å². The molecule has 3 heteroatoms. The van der Waals surface area contributed by atoms with E-state index in [4.69, 9.17) is 0 Å². The average Bonchev–Trinajstić information content (AvgIpc) is 3.11. The van der Waals surface area contributed by atoms with Crippen LogP contribution in [0, 0.1) is 29.1 Å². The van der Waals surface area contributed by atoms with Crippen LogP contribution in [0.25, 0.3) is 0 Å². The molecule has 0 bridgehead atoms. The van der Waals surface area contributed by atoms with Crippen LogP contribution in [0.5, 0.6) is 0 Å². The lowest BCUT2D eigenvalue weighted by Crippen LogP contribution is -2.35. The van der Waals surface area contributed by atoms with E-state index < -0.39 is 17.8 Å². The van der Waals surface area contributed by atoms with E-state index in [-0.39, 0.29) is 5.92 Å². The first-order valence-corrected chi connectivity index (χ1v) is 13.8. The van der Waals surface area contributed by atoms with E-state index in [0.29, 0.717) is 36.0 Å². The highest BCUT2D eigenvalue weighted by molar-refractivity contribution is 5.38. The fourth-order valence-electron chi connectivity index (χ4n) is 7.16. The number of unbranched alkanes of at least 4 members (excludes halogenated alkanes) is 1. The SMILES string of the molecule is C=C1C(=CC=C2CCC[C@]3(C)[C@@H]([C@H](C)C=C[C@H](CCCC)C(C)(C)O)CC[C@@H]23)C[C@@H](O)C[C@@H]1O. The van der Waals surface area contributed by atoms with E-state index in [2.05, 4.69) is 51.7 Å². The Labute approximate surface area is 208 Å². The molecule has 3 saturated carbocycles. The molecule has 3 aliphatic carbocycles. The summed E-state index contributed by atoms with van der Waals surface area (Å²) in [6, 6.07) is 0. The largest absolute Gasteiger partial charge is 0.393 e. The molecule has 34 heavy (non-hydrogen) atoms. The Morgan fingerprint density at radius 2 is 1.91 bits per heavy atom. The molecule has 3 aliphatic rings. The Morgan fingerprint density at radius 1 is 1.18 bits per heavy atom. The van der Waals surface area contributed by atoms with Gasteiger partial charge in [0.05, 0.1) is 17.8 Å². The van der Waals surface area contributed by atoms with Crippen molar-refractivity contribution in [2.45, 2.75) is 117 Å². The van der Waals surface area contributed by atoms with Crippen molar-refractivity contribution in [2.24, 2.45) is 29.1 Å². The third kappa shape index (κ3) is 6.15. The molecule has 0 unspecified atom stereocenters. The van der Waals surface area contributed by atoms with E-state index in [1.807, 2.05) is 13.8 Å². The van der Waals surface area contributed by atoms with Crippen LogP contribution in [0.4, 0.5) is 0 Å². The molecule has 0 spiro atoms. The van der Waals surface area contributed by atoms with Gasteiger partial charge in [-0.25, -0.2) is 0 Å². The summed E-state index contributed by atoms with van der Waals surface area (Å²) in [5, 5.41) is 31.0. The smallest absolute Gasteiger partial charge is 0.0811 e. The minimum Gasteiger partial charge on any atom is -0.393 e. The molecule has 3 rings (SSSR count). The lowest BCUT2D eigenvalue weighted by molar-refractivity contribution is 0.0324. The number of rotatable bonds is 8. The topological polar surface area (TPSA) is 60.7 Å². The summed E-state index contributed by atoms with van der Waals surface area (Å²) in [5.41, 5.74) is 2.95. The van der Waals surface area contributed by atoms with Gasteiger partial charge in [-0.1, -0.05) is 70.1 Å². The monoisotopic (exact) mass is 470 g/mol. The van der Waals surface area contributed by atoms with Gasteiger partial charge in [-0.2, -0.15) is 0 Å². The third-order valence-electron chi connectivity index (χ3n) is 9.36. The molecular weight excluding hydrogens is 420 g/mol. The summed E-state index contributed by atoms with van der Waals surface area (Å²) in [7, 11) is 0. The fraction of sp³-hybridized carbons (Fsp3) is 0.742. The van der Waals surface area contributed by atoms with Crippen LogP contribution < -0.4 is 0 Å². The molecule has 0 amide bonds. The van der Waals surface area contributed by atoms with Crippen molar-refractivity contribution in [1.82, 2.24) is 0 Å². The second-order valence-corrected chi connectivity index (χ2v) is 12.3. The van der Waals surface area contributed by atoms with Crippen LogP contribution in [0.2, 0.25) is 0 Å². The maximum atomic E-state index is 10.7. The highest BCUT2D eigenvalue weighted by Crippen LogP contribution is 2.59. The third-order valence-corrected chi connectivity index (χ3v) is 9.36. The van der Waals surface area contributed by atoms with Crippen LogP contribution in [0.1, 0.15) is 98.8 Å². The first kappa shape index (κ1) is 27.4. The number of aliphatic hydroxyl groups excluding tert-OH is 2. The number of fused-ring (bicyclic) bond motifs is 1. The number of aliphatic hydroxyl groups is 3. The zero-order chi connectivity index (χ0) is 25.1. The van der Waals surface area contributed by atoms with Gasteiger partial charge < -0.3 is 15.3 Å².